The summed E-state index contributed by atoms with van der Waals surface area (Å²) in [5.41, 5.74) is 2.27. The van der Waals surface area contributed by atoms with Gasteiger partial charge in [0.05, 0.1) is 12.3 Å². The predicted octanol–water partition coefficient (Wildman–Crippen LogP) is 1.84. The Hall–Kier alpha value is -1.40. The van der Waals surface area contributed by atoms with Crippen LogP contribution in [-0.2, 0) is 14.8 Å². The third kappa shape index (κ3) is 4.08. The zero-order chi connectivity index (χ0) is 16.3. The summed E-state index contributed by atoms with van der Waals surface area (Å²) in [5, 5.41) is 3.05. The molecule has 0 spiro atoms. The van der Waals surface area contributed by atoms with Gasteiger partial charge in [-0.05, 0) is 37.8 Å². The molecule has 2 rings (SSSR count). The summed E-state index contributed by atoms with van der Waals surface area (Å²) in [4.78, 5) is 12.4. The van der Waals surface area contributed by atoms with Crippen molar-refractivity contribution in [1.29, 1.82) is 0 Å². The van der Waals surface area contributed by atoms with E-state index in [1.165, 1.54) is 10.6 Å². The number of amides is 1. The third-order valence-electron chi connectivity index (χ3n) is 4.31. The summed E-state index contributed by atoms with van der Waals surface area (Å²) in [7, 11) is -3.15. The van der Waals surface area contributed by atoms with E-state index in [4.69, 9.17) is 0 Å². The lowest BCUT2D eigenvalue weighted by atomic mass is 9.96. The number of piperidine rings is 1. The minimum Gasteiger partial charge on any atom is -0.349 e. The Morgan fingerprint density at radius 2 is 1.86 bits per heavy atom. The highest BCUT2D eigenvalue weighted by atomic mass is 32.2. The SMILES string of the molecule is Cc1ccccc1C(C)NC(=O)C1CCN(S(C)(=O)=O)CC1. The number of carbonyl (C=O) groups excluding carboxylic acids is 1. The van der Waals surface area contributed by atoms with Crippen molar-refractivity contribution in [3.8, 4) is 0 Å². The van der Waals surface area contributed by atoms with E-state index >= 15 is 0 Å². The Bertz CT molecular complexity index is 635. The molecule has 6 heteroatoms. The number of benzene rings is 1. The number of nitrogens with zero attached hydrogens (tertiary/aromatic N) is 1. The number of hydrogen-bond acceptors (Lipinski definition) is 3. The Kier molecular flexibility index (Phi) is 5.24. The molecule has 0 aliphatic carbocycles. The minimum absolute atomic E-state index is 0.0175. The summed E-state index contributed by atoms with van der Waals surface area (Å²) in [6.45, 7) is 4.86. The van der Waals surface area contributed by atoms with E-state index < -0.39 is 10.0 Å². The topological polar surface area (TPSA) is 66.5 Å². The van der Waals surface area contributed by atoms with Crippen LogP contribution in [0.15, 0.2) is 24.3 Å². The molecule has 1 fully saturated rings. The smallest absolute Gasteiger partial charge is 0.223 e. The van der Waals surface area contributed by atoms with Crippen molar-refractivity contribution in [2.24, 2.45) is 5.92 Å². The van der Waals surface area contributed by atoms with Crippen molar-refractivity contribution in [2.45, 2.75) is 32.7 Å². The second-order valence-corrected chi connectivity index (χ2v) is 8.01. The molecule has 1 aliphatic rings. The van der Waals surface area contributed by atoms with Crippen LogP contribution < -0.4 is 5.32 Å². The lowest BCUT2D eigenvalue weighted by Gasteiger charge is -2.30. The number of aryl methyl sites for hydroxylation is 1. The van der Waals surface area contributed by atoms with Gasteiger partial charge in [0.2, 0.25) is 15.9 Å². The van der Waals surface area contributed by atoms with Crippen LogP contribution in [0.2, 0.25) is 0 Å². The number of sulfonamides is 1. The number of nitrogens with one attached hydrogen (secondary N) is 1. The quantitative estimate of drug-likeness (QED) is 0.919. The van der Waals surface area contributed by atoms with Crippen molar-refractivity contribution >= 4 is 15.9 Å². The summed E-state index contributed by atoms with van der Waals surface area (Å²) < 4.78 is 24.4. The Morgan fingerprint density at radius 1 is 1.27 bits per heavy atom. The van der Waals surface area contributed by atoms with E-state index in [9.17, 15) is 13.2 Å². The van der Waals surface area contributed by atoms with E-state index in [1.807, 2.05) is 38.1 Å². The first-order valence-electron chi connectivity index (χ1n) is 7.60. The molecule has 5 nitrogen and oxygen atoms in total. The van der Waals surface area contributed by atoms with Gasteiger partial charge in [0.1, 0.15) is 0 Å². The molecule has 1 N–H and O–H groups in total. The molecule has 1 aliphatic heterocycles. The molecule has 1 amide bonds. The van der Waals surface area contributed by atoms with Gasteiger partial charge in [0, 0.05) is 19.0 Å². The molecule has 1 atom stereocenters. The lowest BCUT2D eigenvalue weighted by Crippen LogP contribution is -2.43. The zero-order valence-electron chi connectivity index (χ0n) is 13.4. The van der Waals surface area contributed by atoms with Gasteiger partial charge in [-0.3, -0.25) is 4.79 Å². The first kappa shape index (κ1) is 17.0. The standard InChI is InChI=1S/C16H24N2O3S/c1-12-6-4-5-7-15(12)13(2)17-16(19)14-8-10-18(11-9-14)22(3,20)21/h4-7,13-14H,8-11H2,1-3H3,(H,17,19). The van der Waals surface area contributed by atoms with Crippen molar-refractivity contribution in [1.82, 2.24) is 9.62 Å². The normalized spacial score (nSPS) is 18.9. The minimum atomic E-state index is -3.15. The van der Waals surface area contributed by atoms with Crippen LogP contribution in [0.3, 0.4) is 0 Å². The number of rotatable bonds is 4. The van der Waals surface area contributed by atoms with Crippen molar-refractivity contribution in [3.63, 3.8) is 0 Å². The highest BCUT2D eigenvalue weighted by Crippen LogP contribution is 2.22. The van der Waals surface area contributed by atoms with Crippen LogP contribution in [-0.4, -0.2) is 38.0 Å². The van der Waals surface area contributed by atoms with E-state index in [-0.39, 0.29) is 17.9 Å². The molecule has 0 aromatic heterocycles. The van der Waals surface area contributed by atoms with Gasteiger partial charge in [-0.15, -0.1) is 0 Å². The van der Waals surface area contributed by atoms with Gasteiger partial charge >= 0.3 is 0 Å². The van der Waals surface area contributed by atoms with E-state index in [2.05, 4.69) is 5.32 Å². The molecular weight excluding hydrogens is 300 g/mol. The summed E-state index contributed by atoms with van der Waals surface area (Å²) in [5.74, 6) is -0.0895. The van der Waals surface area contributed by atoms with E-state index in [0.29, 0.717) is 25.9 Å². The molecule has 1 aromatic rings. The maximum absolute atomic E-state index is 12.4. The van der Waals surface area contributed by atoms with Crippen molar-refractivity contribution in [2.75, 3.05) is 19.3 Å². The third-order valence-corrected chi connectivity index (χ3v) is 5.61. The van der Waals surface area contributed by atoms with Crippen LogP contribution in [0, 0.1) is 12.8 Å². The van der Waals surface area contributed by atoms with Gasteiger partial charge in [0.25, 0.3) is 0 Å². The molecular formula is C16H24N2O3S. The van der Waals surface area contributed by atoms with Crippen LogP contribution >= 0.6 is 0 Å². The highest BCUT2D eigenvalue weighted by molar-refractivity contribution is 7.88. The van der Waals surface area contributed by atoms with Gasteiger partial charge in [0.15, 0.2) is 0 Å². The van der Waals surface area contributed by atoms with Crippen LogP contribution in [0.1, 0.15) is 36.9 Å². The van der Waals surface area contributed by atoms with E-state index in [1.54, 1.807) is 0 Å². The number of hydrogen-bond donors (Lipinski definition) is 1. The average Bonchev–Trinajstić information content (AvgIpc) is 2.46. The molecule has 1 heterocycles. The second kappa shape index (κ2) is 6.79. The Morgan fingerprint density at radius 3 is 2.41 bits per heavy atom. The molecule has 1 aromatic carbocycles. The zero-order valence-corrected chi connectivity index (χ0v) is 14.2. The molecule has 122 valence electrons. The largest absolute Gasteiger partial charge is 0.349 e. The van der Waals surface area contributed by atoms with Gasteiger partial charge in [-0.25, -0.2) is 12.7 Å². The number of carbonyl (C=O) groups is 1. The summed E-state index contributed by atoms with van der Waals surface area (Å²) in [6.07, 6.45) is 2.38. The predicted molar refractivity (Wildman–Crippen MR) is 86.9 cm³/mol. The maximum Gasteiger partial charge on any atom is 0.223 e. The van der Waals surface area contributed by atoms with Gasteiger partial charge in [-0.1, -0.05) is 24.3 Å². The Labute approximate surface area is 132 Å². The maximum atomic E-state index is 12.4. The first-order chi connectivity index (χ1) is 10.3. The summed E-state index contributed by atoms with van der Waals surface area (Å²) >= 11 is 0. The van der Waals surface area contributed by atoms with Crippen LogP contribution in [0.25, 0.3) is 0 Å². The average molecular weight is 324 g/mol. The monoisotopic (exact) mass is 324 g/mol. The molecule has 0 saturated carbocycles. The van der Waals surface area contributed by atoms with Crippen LogP contribution in [0.5, 0.6) is 0 Å². The Balaban J connectivity index is 1.93. The summed E-state index contributed by atoms with van der Waals surface area (Å²) in [6, 6.07) is 7.96. The molecule has 0 radical (unpaired) electrons. The van der Waals surface area contributed by atoms with Crippen LogP contribution in [0.4, 0.5) is 0 Å². The highest BCUT2D eigenvalue weighted by Gasteiger charge is 2.29. The first-order valence-corrected chi connectivity index (χ1v) is 9.45. The molecule has 1 unspecified atom stereocenters. The fraction of sp³-hybridized carbons (Fsp3) is 0.562. The van der Waals surface area contributed by atoms with E-state index in [0.717, 1.165) is 11.1 Å². The molecule has 1 saturated heterocycles. The van der Waals surface area contributed by atoms with Gasteiger partial charge < -0.3 is 5.32 Å². The second-order valence-electron chi connectivity index (χ2n) is 6.02. The molecule has 0 bridgehead atoms. The van der Waals surface area contributed by atoms with Crippen molar-refractivity contribution < 1.29 is 13.2 Å². The van der Waals surface area contributed by atoms with Gasteiger partial charge in [-0.2, -0.15) is 0 Å². The fourth-order valence-electron chi connectivity index (χ4n) is 2.93. The lowest BCUT2D eigenvalue weighted by molar-refractivity contribution is -0.126. The molecule has 22 heavy (non-hydrogen) atoms. The fourth-order valence-corrected chi connectivity index (χ4v) is 3.81. The van der Waals surface area contributed by atoms with Crippen molar-refractivity contribution in [3.05, 3.63) is 35.4 Å².